The van der Waals surface area contributed by atoms with Gasteiger partial charge in [-0.2, -0.15) is 5.26 Å². The number of alkyl halides is 1. The van der Waals surface area contributed by atoms with Crippen molar-refractivity contribution in [3.8, 4) is 6.07 Å². The molecule has 84 valence electrons. The van der Waals surface area contributed by atoms with Gasteiger partial charge in [-0.1, -0.05) is 15.9 Å². The summed E-state index contributed by atoms with van der Waals surface area (Å²) < 4.78 is 5.57. The van der Waals surface area contributed by atoms with E-state index in [0.29, 0.717) is 27.5 Å². The average Bonchev–Trinajstić information content (AvgIpc) is 2.28. The minimum absolute atomic E-state index is 0.332. The van der Waals surface area contributed by atoms with E-state index in [1.54, 1.807) is 19.1 Å². The van der Waals surface area contributed by atoms with E-state index >= 15 is 0 Å². The Kier molecular flexibility index (Phi) is 4.97. The monoisotopic (exact) mass is 345 g/mol. The molecule has 0 saturated carbocycles. The molecule has 1 rings (SSSR count). The number of halogens is 2. The summed E-state index contributed by atoms with van der Waals surface area (Å²) in [6.45, 7) is 2.09. The maximum absolute atomic E-state index is 11.6. The zero-order valence-corrected chi connectivity index (χ0v) is 11.8. The number of ether oxygens (including phenoxy) is 1. The van der Waals surface area contributed by atoms with E-state index in [-0.39, 0.29) is 5.97 Å². The predicted molar refractivity (Wildman–Crippen MR) is 67.4 cm³/mol. The van der Waals surface area contributed by atoms with Gasteiger partial charge in [0.05, 0.1) is 17.7 Å². The van der Waals surface area contributed by atoms with Crippen LogP contribution in [0.4, 0.5) is 0 Å². The van der Waals surface area contributed by atoms with Gasteiger partial charge < -0.3 is 4.74 Å². The molecule has 0 bridgehead atoms. The van der Waals surface area contributed by atoms with Gasteiger partial charge in [-0.15, -0.1) is 0 Å². The SMILES string of the molecule is CCOC(=O)c1ccc(C#N)c(Br)c1CBr. The Morgan fingerprint density at radius 1 is 1.56 bits per heavy atom. The molecule has 0 fully saturated rings. The number of rotatable bonds is 3. The van der Waals surface area contributed by atoms with Crippen LogP contribution in [0.1, 0.15) is 28.4 Å². The predicted octanol–water partition coefficient (Wildman–Crippen LogP) is 3.39. The fourth-order valence-electron chi connectivity index (χ4n) is 1.24. The van der Waals surface area contributed by atoms with Crippen molar-refractivity contribution >= 4 is 37.8 Å². The van der Waals surface area contributed by atoms with Gasteiger partial charge in [-0.3, -0.25) is 0 Å². The Balaban J connectivity index is 3.27. The minimum Gasteiger partial charge on any atom is -0.462 e. The lowest BCUT2D eigenvalue weighted by atomic mass is 10.1. The number of carbonyl (C=O) groups excluding carboxylic acids is 1. The molecular weight excluding hydrogens is 338 g/mol. The van der Waals surface area contributed by atoms with Gasteiger partial charge in [0, 0.05) is 9.80 Å². The fourth-order valence-corrected chi connectivity index (χ4v) is 2.77. The average molecular weight is 347 g/mol. The van der Waals surface area contributed by atoms with Gasteiger partial charge in [0.15, 0.2) is 0 Å². The summed E-state index contributed by atoms with van der Waals surface area (Å²) in [4.78, 5) is 11.6. The molecule has 0 N–H and O–H groups in total. The van der Waals surface area contributed by atoms with Crippen LogP contribution in [0.15, 0.2) is 16.6 Å². The smallest absolute Gasteiger partial charge is 0.338 e. The molecule has 5 heteroatoms. The minimum atomic E-state index is -0.373. The number of nitriles is 1. The van der Waals surface area contributed by atoms with Crippen LogP contribution in [0.25, 0.3) is 0 Å². The van der Waals surface area contributed by atoms with E-state index in [1.165, 1.54) is 0 Å². The van der Waals surface area contributed by atoms with Crippen molar-refractivity contribution in [1.29, 1.82) is 5.26 Å². The molecule has 0 amide bonds. The lowest BCUT2D eigenvalue weighted by molar-refractivity contribution is 0.0525. The van der Waals surface area contributed by atoms with Crippen molar-refractivity contribution in [2.45, 2.75) is 12.3 Å². The van der Waals surface area contributed by atoms with Crippen LogP contribution in [0, 0.1) is 11.3 Å². The Hall–Kier alpha value is -0.860. The first-order chi connectivity index (χ1) is 7.65. The summed E-state index contributed by atoms with van der Waals surface area (Å²) in [6.07, 6.45) is 0. The van der Waals surface area contributed by atoms with Crippen LogP contribution >= 0.6 is 31.9 Å². The van der Waals surface area contributed by atoms with Crippen molar-refractivity contribution in [3.63, 3.8) is 0 Å². The molecule has 0 aliphatic carbocycles. The highest BCUT2D eigenvalue weighted by atomic mass is 79.9. The number of nitrogens with zero attached hydrogens (tertiary/aromatic N) is 1. The van der Waals surface area contributed by atoms with Gasteiger partial charge in [-0.05, 0) is 40.5 Å². The van der Waals surface area contributed by atoms with Crippen molar-refractivity contribution < 1.29 is 9.53 Å². The molecule has 0 radical (unpaired) electrons. The zero-order chi connectivity index (χ0) is 12.1. The summed E-state index contributed by atoms with van der Waals surface area (Å²) in [5, 5.41) is 9.34. The second kappa shape index (κ2) is 6.02. The summed E-state index contributed by atoms with van der Waals surface area (Å²) >= 11 is 6.61. The summed E-state index contributed by atoms with van der Waals surface area (Å²) in [6, 6.07) is 5.26. The largest absolute Gasteiger partial charge is 0.462 e. The first-order valence-electron chi connectivity index (χ1n) is 4.60. The second-order valence-electron chi connectivity index (χ2n) is 2.92. The van der Waals surface area contributed by atoms with E-state index in [2.05, 4.69) is 31.9 Å². The molecule has 0 heterocycles. The van der Waals surface area contributed by atoms with Crippen LogP contribution in [0.5, 0.6) is 0 Å². The van der Waals surface area contributed by atoms with E-state index in [4.69, 9.17) is 10.00 Å². The molecule has 0 aliphatic rings. The van der Waals surface area contributed by atoms with Crippen LogP contribution < -0.4 is 0 Å². The van der Waals surface area contributed by atoms with Crippen LogP contribution in [-0.2, 0) is 10.1 Å². The van der Waals surface area contributed by atoms with Gasteiger partial charge >= 0.3 is 5.97 Å². The van der Waals surface area contributed by atoms with Gasteiger partial charge in [0.25, 0.3) is 0 Å². The Morgan fingerprint density at radius 2 is 2.25 bits per heavy atom. The quantitative estimate of drug-likeness (QED) is 0.622. The van der Waals surface area contributed by atoms with Gasteiger partial charge in [0.1, 0.15) is 6.07 Å². The molecule has 0 aliphatic heterocycles. The fraction of sp³-hybridized carbons (Fsp3) is 0.273. The van der Waals surface area contributed by atoms with E-state index in [9.17, 15) is 4.79 Å². The van der Waals surface area contributed by atoms with Crippen molar-refractivity contribution in [2.24, 2.45) is 0 Å². The van der Waals surface area contributed by atoms with E-state index in [1.807, 2.05) is 6.07 Å². The topological polar surface area (TPSA) is 50.1 Å². The molecule has 16 heavy (non-hydrogen) atoms. The maximum atomic E-state index is 11.6. The zero-order valence-electron chi connectivity index (χ0n) is 8.59. The molecule has 3 nitrogen and oxygen atoms in total. The van der Waals surface area contributed by atoms with E-state index in [0.717, 1.165) is 5.56 Å². The normalized spacial score (nSPS) is 9.62. The molecule has 0 unspecified atom stereocenters. The highest BCUT2D eigenvalue weighted by Crippen LogP contribution is 2.27. The first kappa shape index (κ1) is 13.2. The molecule has 0 aromatic heterocycles. The molecule has 0 atom stereocenters. The number of hydrogen-bond acceptors (Lipinski definition) is 3. The highest BCUT2D eigenvalue weighted by Gasteiger charge is 2.16. The van der Waals surface area contributed by atoms with Gasteiger partial charge in [-0.25, -0.2) is 4.79 Å². The standard InChI is InChI=1S/C11H9Br2NO2/c1-2-16-11(15)8-4-3-7(6-14)10(13)9(8)5-12/h3-4H,2,5H2,1H3. The Labute approximate surface area is 111 Å². The summed E-state index contributed by atoms with van der Waals surface area (Å²) in [5.74, 6) is -0.373. The van der Waals surface area contributed by atoms with E-state index < -0.39 is 0 Å². The number of benzene rings is 1. The summed E-state index contributed by atoms with van der Waals surface area (Å²) in [7, 11) is 0. The third kappa shape index (κ3) is 2.63. The van der Waals surface area contributed by atoms with Gasteiger partial charge in [0.2, 0.25) is 0 Å². The number of hydrogen-bond donors (Lipinski definition) is 0. The Morgan fingerprint density at radius 3 is 2.75 bits per heavy atom. The molecule has 1 aromatic rings. The van der Waals surface area contributed by atoms with Crippen molar-refractivity contribution in [3.05, 3.63) is 33.3 Å². The molecule has 0 spiro atoms. The van der Waals surface area contributed by atoms with Crippen molar-refractivity contribution in [1.82, 2.24) is 0 Å². The third-order valence-electron chi connectivity index (χ3n) is 1.99. The highest BCUT2D eigenvalue weighted by molar-refractivity contribution is 9.10. The lowest BCUT2D eigenvalue weighted by Gasteiger charge is -2.09. The Bertz CT molecular complexity index is 452. The molecular formula is C11H9Br2NO2. The first-order valence-corrected chi connectivity index (χ1v) is 6.51. The summed E-state index contributed by atoms with van der Waals surface area (Å²) in [5.41, 5.74) is 1.71. The van der Waals surface area contributed by atoms with Crippen LogP contribution in [-0.4, -0.2) is 12.6 Å². The second-order valence-corrected chi connectivity index (χ2v) is 4.27. The third-order valence-corrected chi connectivity index (χ3v) is 3.46. The number of esters is 1. The van der Waals surface area contributed by atoms with Crippen LogP contribution in [0.2, 0.25) is 0 Å². The molecule has 0 saturated heterocycles. The maximum Gasteiger partial charge on any atom is 0.338 e. The van der Waals surface area contributed by atoms with Crippen molar-refractivity contribution in [2.75, 3.05) is 6.61 Å². The molecule has 1 aromatic carbocycles. The van der Waals surface area contributed by atoms with Crippen LogP contribution in [0.3, 0.4) is 0 Å². The number of carbonyl (C=O) groups is 1. The lowest BCUT2D eigenvalue weighted by Crippen LogP contribution is -2.08.